The quantitative estimate of drug-likeness (QED) is 0.236. The summed E-state index contributed by atoms with van der Waals surface area (Å²) in [5, 5.41) is 8.16. The van der Waals surface area contributed by atoms with E-state index in [1.807, 2.05) is 0 Å². The minimum atomic E-state index is -0.157. The van der Waals surface area contributed by atoms with Crippen molar-refractivity contribution < 1.29 is 15.4 Å². The first-order valence-corrected chi connectivity index (χ1v) is 2.00. The van der Waals surface area contributed by atoms with E-state index in [1.165, 1.54) is 7.05 Å². The summed E-state index contributed by atoms with van der Waals surface area (Å²) >= 11 is 9.94. The van der Waals surface area contributed by atoms with Crippen LogP contribution in [-0.2, 0) is 0 Å². The molecule has 0 atom stereocenters. The van der Waals surface area contributed by atoms with Crippen molar-refractivity contribution in [3.8, 4) is 0 Å². The molecule has 0 rings (SSSR count). The van der Waals surface area contributed by atoms with Gasteiger partial charge in [-0.3, -0.25) is 5.21 Å². The Morgan fingerprint density at radius 3 is 1.71 bits per heavy atom. The van der Waals surface area contributed by atoms with E-state index < -0.39 is 0 Å². The van der Waals surface area contributed by atoms with Gasteiger partial charge in [0.1, 0.15) is 0 Å². The molecule has 5 heteroatoms. The summed E-state index contributed by atoms with van der Waals surface area (Å²) in [4.78, 5) is 0. The first kappa shape index (κ1) is 10.1. The van der Waals surface area contributed by atoms with Gasteiger partial charge in [-0.25, -0.2) is 0 Å². The van der Waals surface area contributed by atoms with Gasteiger partial charge in [-0.2, -0.15) is 0 Å². The van der Waals surface area contributed by atoms with Crippen LogP contribution in [0.2, 0.25) is 0 Å². The highest BCUT2D eigenvalue weighted by Gasteiger charge is 1.95. The van der Waals surface area contributed by atoms with Crippen molar-refractivity contribution in [3.63, 3.8) is 0 Å². The van der Waals surface area contributed by atoms with Crippen molar-refractivity contribution in [1.29, 1.82) is 0 Å². The van der Waals surface area contributed by atoms with Gasteiger partial charge in [0, 0.05) is 23.2 Å². The summed E-state index contributed by atoms with van der Waals surface area (Å²) in [6.45, 7) is 0. The lowest BCUT2D eigenvalue weighted by Gasteiger charge is -1.73. The van der Waals surface area contributed by atoms with Crippen LogP contribution in [0.1, 0.15) is 0 Å². The molecule has 2 N–H and O–H groups in total. The number of hydrogen-bond acceptors (Lipinski definition) is 2. The predicted octanol–water partition coefficient (Wildman–Crippen LogP) is 0.675. The maximum atomic E-state index is 8.16. The van der Waals surface area contributed by atoms with E-state index in [0.717, 1.165) is 0 Å². The molecule has 0 aromatic heterocycles. The minimum absolute atomic E-state index is 0. The summed E-state index contributed by atoms with van der Waals surface area (Å²) in [5.41, 5.74) is 0. The average molecular weight is 146 g/mol. The van der Waals surface area contributed by atoms with Crippen LogP contribution < -0.4 is 0 Å². The predicted molar refractivity (Wildman–Crippen MR) is 26.6 cm³/mol. The molecule has 0 radical (unpaired) electrons. The van der Waals surface area contributed by atoms with Gasteiger partial charge in [0.25, 0.3) is 0 Å². The molecule has 0 saturated heterocycles. The zero-order valence-electron chi connectivity index (χ0n) is 3.60. The number of hydroxylamine groups is 1. The van der Waals surface area contributed by atoms with Crippen LogP contribution in [0.25, 0.3) is 0 Å². The fourth-order valence-corrected chi connectivity index (χ4v) is 0. The minimum Gasteiger partial charge on any atom is -0.870 e. The average Bonchev–Trinajstić information content (AvgIpc) is 1.36. The Kier molecular flexibility index (Phi) is 6.02. The van der Waals surface area contributed by atoms with Crippen LogP contribution >= 0.6 is 23.2 Å². The van der Waals surface area contributed by atoms with E-state index in [2.05, 4.69) is 0 Å². The Balaban J connectivity index is 0. The van der Waals surface area contributed by atoms with Crippen LogP contribution in [0.15, 0.2) is 0 Å². The number of nitrogens with zero attached hydrogens (tertiary/aromatic N) is 1. The molecule has 0 heterocycles. The summed E-state index contributed by atoms with van der Waals surface area (Å²) in [7, 11) is 1.33. The van der Waals surface area contributed by atoms with Gasteiger partial charge in [0.05, 0.1) is 0 Å². The van der Waals surface area contributed by atoms with Crippen LogP contribution in [0.4, 0.5) is 0 Å². The van der Waals surface area contributed by atoms with E-state index in [4.69, 9.17) is 28.4 Å². The zero-order valence-corrected chi connectivity index (χ0v) is 5.11. The van der Waals surface area contributed by atoms with E-state index in [-0.39, 0.29) is 10.1 Å². The largest absolute Gasteiger partial charge is 0.870 e. The summed E-state index contributed by atoms with van der Waals surface area (Å²) < 4.78 is 0.457. The first-order chi connectivity index (χ1) is 2.64. The molecule has 44 valence electrons. The van der Waals surface area contributed by atoms with Crippen LogP contribution in [0.5, 0.6) is 0 Å². The third kappa shape index (κ3) is 6.01. The lowest BCUT2D eigenvalue weighted by atomic mass is 11.4. The molecule has 3 nitrogen and oxygen atoms in total. The first-order valence-electron chi connectivity index (χ1n) is 1.25. The van der Waals surface area contributed by atoms with Crippen molar-refractivity contribution in [3.05, 3.63) is 0 Å². The Morgan fingerprint density at radius 2 is 1.71 bits per heavy atom. The second-order valence-corrected chi connectivity index (χ2v) is 1.67. The molecular weight excluding hydrogens is 141 g/mol. The van der Waals surface area contributed by atoms with E-state index in [1.54, 1.807) is 0 Å². The molecule has 0 aromatic rings. The zero-order chi connectivity index (χ0) is 5.15. The fourth-order valence-electron chi connectivity index (χ4n) is 0. The SMILES string of the molecule is C[N+](O)=C(Cl)Cl.[OH-]. The van der Waals surface area contributed by atoms with E-state index in [9.17, 15) is 0 Å². The maximum Gasteiger partial charge on any atom is 0.388 e. The van der Waals surface area contributed by atoms with Crippen molar-refractivity contribution in [1.82, 2.24) is 0 Å². The molecule has 0 aliphatic carbocycles. The van der Waals surface area contributed by atoms with Crippen LogP contribution in [0.3, 0.4) is 0 Å². The topological polar surface area (TPSA) is 53.2 Å². The Morgan fingerprint density at radius 1 is 1.57 bits per heavy atom. The molecule has 0 unspecified atom stereocenters. The van der Waals surface area contributed by atoms with Crippen molar-refractivity contribution >= 4 is 27.8 Å². The fraction of sp³-hybridized carbons (Fsp3) is 0.500. The molecule has 0 amide bonds. The number of hydrogen-bond donors (Lipinski definition) is 1. The molecule has 0 aliphatic heterocycles. The molecule has 0 fully saturated rings. The lowest BCUT2D eigenvalue weighted by molar-refractivity contribution is -0.751. The molecule has 0 spiro atoms. The Hall–Kier alpha value is 0.01000. The van der Waals surface area contributed by atoms with Gasteiger partial charge >= 0.3 is 4.63 Å². The van der Waals surface area contributed by atoms with Gasteiger partial charge in [-0.05, 0) is 4.74 Å². The van der Waals surface area contributed by atoms with Gasteiger partial charge in [0.2, 0.25) is 0 Å². The van der Waals surface area contributed by atoms with Crippen molar-refractivity contribution in [2.45, 2.75) is 0 Å². The Labute approximate surface area is 51.0 Å². The number of halogens is 2. The van der Waals surface area contributed by atoms with E-state index >= 15 is 0 Å². The summed E-state index contributed by atoms with van der Waals surface area (Å²) in [6, 6.07) is 0. The number of rotatable bonds is 0. The second kappa shape index (κ2) is 4.18. The standard InChI is InChI=1S/C2H4Cl2NO.H2O/c1-5(6)2(3)4;/h6H,1H3;1H2/q+1;/p-1. The highest BCUT2D eigenvalue weighted by atomic mass is 35.5. The molecule has 0 aromatic carbocycles. The molecule has 0 bridgehead atoms. The van der Waals surface area contributed by atoms with Crippen LogP contribution in [-0.4, -0.2) is 27.1 Å². The van der Waals surface area contributed by atoms with Gasteiger partial charge in [-0.1, -0.05) is 0 Å². The normalized spacial score (nSPS) is 6.71. The van der Waals surface area contributed by atoms with Gasteiger partial charge in [-0.15, -0.1) is 0 Å². The monoisotopic (exact) mass is 145 g/mol. The summed E-state index contributed by atoms with van der Waals surface area (Å²) in [5.74, 6) is 0. The third-order valence-electron chi connectivity index (χ3n) is 0.245. The van der Waals surface area contributed by atoms with Crippen molar-refractivity contribution in [2.75, 3.05) is 7.05 Å². The molecule has 0 aliphatic rings. The second-order valence-electron chi connectivity index (χ2n) is 0.764. The van der Waals surface area contributed by atoms with E-state index in [0.29, 0.717) is 4.74 Å². The van der Waals surface area contributed by atoms with Crippen LogP contribution in [0, 0.1) is 0 Å². The maximum absolute atomic E-state index is 8.16. The van der Waals surface area contributed by atoms with Crippen molar-refractivity contribution in [2.24, 2.45) is 0 Å². The van der Waals surface area contributed by atoms with Gasteiger partial charge in [0.15, 0.2) is 7.05 Å². The Bertz CT molecular complexity index is 63.8. The smallest absolute Gasteiger partial charge is 0.388 e. The lowest BCUT2D eigenvalue weighted by Crippen LogP contribution is -2.00. The molecule has 0 saturated carbocycles. The van der Waals surface area contributed by atoms with Gasteiger partial charge < -0.3 is 5.48 Å². The molecule has 7 heavy (non-hydrogen) atoms. The molecular formula is C2H5Cl2NO2. The highest BCUT2D eigenvalue weighted by molar-refractivity contribution is 6.94. The highest BCUT2D eigenvalue weighted by Crippen LogP contribution is 1.85. The third-order valence-corrected chi connectivity index (χ3v) is 0.734. The summed E-state index contributed by atoms with van der Waals surface area (Å²) in [6.07, 6.45) is 0.